The Morgan fingerprint density at radius 1 is 1.37 bits per heavy atom. The molecule has 0 saturated carbocycles. The third-order valence-corrected chi connectivity index (χ3v) is 3.45. The van der Waals surface area contributed by atoms with Gasteiger partial charge in [0.05, 0.1) is 18.2 Å². The van der Waals surface area contributed by atoms with Gasteiger partial charge in [0.25, 0.3) is 0 Å². The lowest BCUT2D eigenvalue weighted by Gasteiger charge is -2.15. The van der Waals surface area contributed by atoms with Crippen LogP contribution in [0.15, 0.2) is 6.07 Å². The van der Waals surface area contributed by atoms with Gasteiger partial charge in [-0.15, -0.1) is 0 Å². The number of aliphatic carboxylic acids is 1. The van der Waals surface area contributed by atoms with Crippen LogP contribution in [0.25, 0.3) is 0 Å². The molecular formula is C14H17ClO4. The second-order valence-corrected chi connectivity index (χ2v) is 5.01. The maximum atomic E-state index is 10.5. The first-order valence-corrected chi connectivity index (χ1v) is 6.76. The Hall–Kier alpha value is -1.42. The Morgan fingerprint density at radius 3 is 2.74 bits per heavy atom. The van der Waals surface area contributed by atoms with Gasteiger partial charge >= 0.3 is 5.97 Å². The molecule has 0 spiro atoms. The summed E-state index contributed by atoms with van der Waals surface area (Å²) >= 11 is 6.21. The number of benzene rings is 1. The summed E-state index contributed by atoms with van der Waals surface area (Å²) in [5.74, 6) is 0.534. The summed E-state index contributed by atoms with van der Waals surface area (Å²) in [4.78, 5) is 10.5. The third-order valence-electron chi connectivity index (χ3n) is 3.16. The molecular weight excluding hydrogens is 268 g/mol. The fourth-order valence-electron chi connectivity index (χ4n) is 2.16. The van der Waals surface area contributed by atoms with E-state index in [4.69, 9.17) is 26.2 Å². The number of aryl methyl sites for hydroxylation is 1. The molecule has 1 heterocycles. The molecule has 1 N–H and O–H groups in total. The summed E-state index contributed by atoms with van der Waals surface area (Å²) in [6.07, 6.45) is 2.25. The van der Waals surface area contributed by atoms with E-state index in [2.05, 4.69) is 0 Å². The highest BCUT2D eigenvalue weighted by molar-refractivity contribution is 6.32. The lowest BCUT2D eigenvalue weighted by molar-refractivity contribution is -0.137. The highest BCUT2D eigenvalue weighted by Gasteiger charge is 2.19. The summed E-state index contributed by atoms with van der Waals surface area (Å²) < 4.78 is 11.3. The first-order chi connectivity index (χ1) is 9.09. The highest BCUT2D eigenvalue weighted by Crippen LogP contribution is 2.41. The smallest absolute Gasteiger partial charge is 0.303 e. The molecule has 0 unspecified atom stereocenters. The van der Waals surface area contributed by atoms with E-state index in [9.17, 15) is 4.79 Å². The minimum Gasteiger partial charge on any atom is -0.489 e. The van der Waals surface area contributed by atoms with Gasteiger partial charge in [-0.25, -0.2) is 0 Å². The number of carboxylic acids is 1. The van der Waals surface area contributed by atoms with E-state index in [0.29, 0.717) is 42.6 Å². The van der Waals surface area contributed by atoms with Crippen molar-refractivity contribution >= 4 is 17.6 Å². The van der Waals surface area contributed by atoms with Crippen LogP contribution in [-0.4, -0.2) is 24.3 Å². The summed E-state index contributed by atoms with van der Waals surface area (Å²) in [6, 6.07) is 1.85. The largest absolute Gasteiger partial charge is 0.489 e. The Kier molecular flexibility index (Phi) is 4.53. The molecule has 1 aliphatic heterocycles. The van der Waals surface area contributed by atoms with E-state index >= 15 is 0 Å². The van der Waals surface area contributed by atoms with Crippen molar-refractivity contribution in [1.82, 2.24) is 0 Å². The van der Waals surface area contributed by atoms with Crippen LogP contribution < -0.4 is 9.47 Å². The maximum absolute atomic E-state index is 10.5. The van der Waals surface area contributed by atoms with Crippen molar-refractivity contribution in [1.29, 1.82) is 0 Å². The number of carbonyl (C=O) groups is 1. The van der Waals surface area contributed by atoms with Crippen LogP contribution in [0.4, 0.5) is 0 Å². The molecule has 1 aromatic carbocycles. The molecule has 1 aromatic rings. The van der Waals surface area contributed by atoms with Crippen molar-refractivity contribution in [3.8, 4) is 11.5 Å². The second-order valence-electron chi connectivity index (χ2n) is 4.60. The lowest BCUT2D eigenvalue weighted by atomic mass is 10.0. The zero-order valence-electron chi connectivity index (χ0n) is 10.9. The van der Waals surface area contributed by atoms with Gasteiger partial charge in [-0.05, 0) is 37.0 Å². The standard InChI is InChI=1S/C14H17ClO4/c1-9-10(4-2-5-12(16)17)8-11(15)14-13(9)18-6-3-7-19-14/h8H,2-7H2,1H3,(H,16,17). The van der Waals surface area contributed by atoms with Crippen LogP contribution in [0.3, 0.4) is 0 Å². The molecule has 4 nitrogen and oxygen atoms in total. The van der Waals surface area contributed by atoms with Gasteiger partial charge < -0.3 is 14.6 Å². The van der Waals surface area contributed by atoms with Crippen LogP contribution in [0, 0.1) is 6.92 Å². The van der Waals surface area contributed by atoms with Crippen LogP contribution in [0.1, 0.15) is 30.4 Å². The minimum atomic E-state index is -0.780. The molecule has 0 aliphatic carbocycles. The SMILES string of the molecule is Cc1c(CCCC(=O)O)cc(Cl)c2c1OCCCO2. The fraction of sp³-hybridized carbons (Fsp3) is 0.500. The molecule has 0 amide bonds. The number of ether oxygens (including phenoxy) is 2. The quantitative estimate of drug-likeness (QED) is 0.922. The Morgan fingerprint density at radius 2 is 2.05 bits per heavy atom. The zero-order chi connectivity index (χ0) is 13.8. The molecule has 104 valence electrons. The van der Waals surface area contributed by atoms with Crippen LogP contribution in [0.5, 0.6) is 11.5 Å². The van der Waals surface area contributed by atoms with Crippen molar-refractivity contribution in [2.75, 3.05) is 13.2 Å². The van der Waals surface area contributed by atoms with Crippen molar-refractivity contribution in [3.05, 3.63) is 22.2 Å². The van der Waals surface area contributed by atoms with Gasteiger partial charge in [0, 0.05) is 12.8 Å². The van der Waals surface area contributed by atoms with E-state index in [-0.39, 0.29) is 6.42 Å². The van der Waals surface area contributed by atoms with E-state index in [1.165, 1.54) is 0 Å². The second kappa shape index (κ2) is 6.15. The maximum Gasteiger partial charge on any atom is 0.303 e. The van der Waals surface area contributed by atoms with Crippen LogP contribution >= 0.6 is 11.6 Å². The van der Waals surface area contributed by atoms with Gasteiger partial charge in [-0.1, -0.05) is 11.6 Å². The average molecular weight is 285 g/mol. The number of hydrogen-bond donors (Lipinski definition) is 1. The van der Waals surface area contributed by atoms with E-state index < -0.39 is 5.97 Å². The first-order valence-electron chi connectivity index (χ1n) is 6.39. The summed E-state index contributed by atoms with van der Waals surface area (Å²) in [5.41, 5.74) is 2.02. The zero-order valence-corrected chi connectivity index (χ0v) is 11.6. The number of carboxylic acid groups (broad SMARTS) is 1. The summed E-state index contributed by atoms with van der Waals surface area (Å²) in [7, 11) is 0. The number of halogens is 1. The first kappa shape index (κ1) is 14.0. The molecule has 0 bridgehead atoms. The van der Waals surface area contributed by atoms with Crippen molar-refractivity contribution in [2.24, 2.45) is 0 Å². The van der Waals surface area contributed by atoms with Crippen molar-refractivity contribution in [2.45, 2.75) is 32.6 Å². The van der Waals surface area contributed by atoms with E-state index in [1.54, 1.807) is 0 Å². The Balaban J connectivity index is 2.23. The van der Waals surface area contributed by atoms with Gasteiger partial charge in [0.15, 0.2) is 11.5 Å². The van der Waals surface area contributed by atoms with Gasteiger partial charge in [-0.3, -0.25) is 4.79 Å². The molecule has 5 heteroatoms. The van der Waals surface area contributed by atoms with E-state index in [1.807, 2.05) is 13.0 Å². The van der Waals surface area contributed by atoms with E-state index in [0.717, 1.165) is 17.5 Å². The minimum absolute atomic E-state index is 0.158. The molecule has 2 rings (SSSR count). The van der Waals surface area contributed by atoms with Crippen LogP contribution in [-0.2, 0) is 11.2 Å². The lowest BCUT2D eigenvalue weighted by Crippen LogP contribution is -2.01. The Bertz CT molecular complexity index is 485. The third kappa shape index (κ3) is 3.32. The fourth-order valence-corrected chi connectivity index (χ4v) is 2.43. The molecule has 0 aromatic heterocycles. The highest BCUT2D eigenvalue weighted by atomic mass is 35.5. The molecule has 0 radical (unpaired) electrons. The van der Waals surface area contributed by atoms with Gasteiger partial charge in [0.2, 0.25) is 0 Å². The molecule has 1 aliphatic rings. The number of hydrogen-bond acceptors (Lipinski definition) is 3. The molecule has 0 atom stereocenters. The number of fused-ring (bicyclic) bond motifs is 1. The van der Waals surface area contributed by atoms with Crippen molar-refractivity contribution in [3.63, 3.8) is 0 Å². The summed E-state index contributed by atoms with van der Waals surface area (Å²) in [5, 5.41) is 9.21. The molecule has 19 heavy (non-hydrogen) atoms. The monoisotopic (exact) mass is 284 g/mol. The summed E-state index contributed by atoms with van der Waals surface area (Å²) in [6.45, 7) is 3.17. The molecule has 0 fully saturated rings. The van der Waals surface area contributed by atoms with Gasteiger partial charge in [-0.2, -0.15) is 0 Å². The van der Waals surface area contributed by atoms with Gasteiger partial charge in [0.1, 0.15) is 0 Å². The Labute approximate surface area is 117 Å². The predicted octanol–water partition coefficient (Wildman–Crippen LogP) is 3.22. The number of rotatable bonds is 4. The topological polar surface area (TPSA) is 55.8 Å². The normalized spacial score (nSPS) is 14.0. The predicted molar refractivity (Wildman–Crippen MR) is 72.4 cm³/mol. The van der Waals surface area contributed by atoms with Crippen molar-refractivity contribution < 1.29 is 19.4 Å². The van der Waals surface area contributed by atoms with Crippen LogP contribution in [0.2, 0.25) is 5.02 Å². The molecule has 0 saturated heterocycles. The average Bonchev–Trinajstić information content (AvgIpc) is 2.60.